The standard InChI is InChI=1S/C14H11Cl2IN2O/c15-11-5-8(14(18)20)1-2-9(11)7-19-13-4-3-10(17)6-12(13)16/h1-6,19H,7H2,(H2,18,20). The van der Waals surface area contributed by atoms with Crippen LogP contribution in [0.15, 0.2) is 36.4 Å². The SMILES string of the molecule is NC(=O)c1ccc(CNc2ccc(I)cc2Cl)c(Cl)c1. The van der Waals surface area contributed by atoms with Crippen molar-refractivity contribution in [2.45, 2.75) is 6.54 Å². The summed E-state index contributed by atoms with van der Waals surface area (Å²) in [5, 5.41) is 4.36. The zero-order chi connectivity index (χ0) is 14.7. The van der Waals surface area contributed by atoms with E-state index in [1.165, 1.54) is 0 Å². The highest BCUT2D eigenvalue weighted by Crippen LogP contribution is 2.25. The molecule has 6 heteroatoms. The molecule has 0 radical (unpaired) electrons. The fourth-order valence-electron chi connectivity index (χ4n) is 1.67. The Hall–Kier alpha value is -0.980. The minimum atomic E-state index is -0.493. The Bertz CT molecular complexity index is 662. The molecular formula is C14H11Cl2IN2O. The average molecular weight is 421 g/mol. The molecule has 0 atom stereocenters. The maximum absolute atomic E-state index is 11.1. The van der Waals surface area contributed by atoms with Gasteiger partial charge in [-0.25, -0.2) is 0 Å². The predicted molar refractivity (Wildman–Crippen MR) is 91.5 cm³/mol. The lowest BCUT2D eigenvalue weighted by Crippen LogP contribution is -2.11. The van der Waals surface area contributed by atoms with Gasteiger partial charge in [-0.05, 0) is 58.5 Å². The van der Waals surface area contributed by atoms with E-state index in [0.717, 1.165) is 14.8 Å². The first-order chi connectivity index (χ1) is 9.47. The lowest BCUT2D eigenvalue weighted by molar-refractivity contribution is 0.100. The van der Waals surface area contributed by atoms with Crippen LogP contribution in [0.4, 0.5) is 5.69 Å². The van der Waals surface area contributed by atoms with Gasteiger partial charge in [-0.3, -0.25) is 4.79 Å². The molecule has 0 saturated carbocycles. The molecule has 0 heterocycles. The molecule has 3 nitrogen and oxygen atoms in total. The topological polar surface area (TPSA) is 55.1 Å². The highest BCUT2D eigenvalue weighted by Gasteiger charge is 2.06. The third kappa shape index (κ3) is 3.77. The van der Waals surface area contributed by atoms with Gasteiger partial charge in [0.05, 0.1) is 10.7 Å². The number of anilines is 1. The molecule has 3 N–H and O–H groups in total. The molecule has 0 fully saturated rings. The van der Waals surface area contributed by atoms with Crippen molar-refractivity contribution in [3.8, 4) is 0 Å². The number of nitrogens with one attached hydrogen (secondary N) is 1. The first-order valence-corrected chi connectivity index (χ1v) is 7.58. The van der Waals surface area contributed by atoms with Crippen LogP contribution in [0.1, 0.15) is 15.9 Å². The Morgan fingerprint density at radius 3 is 2.50 bits per heavy atom. The van der Waals surface area contributed by atoms with E-state index in [2.05, 4.69) is 27.9 Å². The van der Waals surface area contributed by atoms with E-state index in [1.54, 1.807) is 18.2 Å². The van der Waals surface area contributed by atoms with Gasteiger partial charge in [0.2, 0.25) is 5.91 Å². The first-order valence-electron chi connectivity index (χ1n) is 5.74. The second kappa shape index (κ2) is 6.65. The molecular weight excluding hydrogens is 410 g/mol. The van der Waals surface area contributed by atoms with E-state index < -0.39 is 5.91 Å². The van der Waals surface area contributed by atoms with Crippen LogP contribution in [0.3, 0.4) is 0 Å². The fraction of sp³-hybridized carbons (Fsp3) is 0.0714. The van der Waals surface area contributed by atoms with E-state index in [9.17, 15) is 4.79 Å². The molecule has 0 aliphatic rings. The zero-order valence-electron chi connectivity index (χ0n) is 10.3. The van der Waals surface area contributed by atoms with Crippen molar-refractivity contribution in [2.24, 2.45) is 5.73 Å². The first kappa shape index (κ1) is 15.4. The predicted octanol–water partition coefficient (Wildman–Crippen LogP) is 4.31. The largest absolute Gasteiger partial charge is 0.380 e. The molecule has 0 unspecified atom stereocenters. The quantitative estimate of drug-likeness (QED) is 0.724. The summed E-state index contributed by atoms with van der Waals surface area (Å²) in [7, 11) is 0. The Balaban J connectivity index is 2.13. The van der Waals surface area contributed by atoms with E-state index >= 15 is 0 Å². The van der Waals surface area contributed by atoms with Gasteiger partial charge in [-0.15, -0.1) is 0 Å². The van der Waals surface area contributed by atoms with Crippen molar-refractivity contribution >= 4 is 57.4 Å². The Kier molecular flexibility index (Phi) is 5.12. The van der Waals surface area contributed by atoms with Gasteiger partial charge in [0, 0.05) is 20.7 Å². The van der Waals surface area contributed by atoms with E-state index in [0.29, 0.717) is 22.2 Å². The highest BCUT2D eigenvalue weighted by atomic mass is 127. The number of carbonyl (C=O) groups excluding carboxylic acids is 1. The summed E-state index contributed by atoms with van der Waals surface area (Å²) < 4.78 is 1.07. The fourth-order valence-corrected chi connectivity index (χ4v) is 2.84. The lowest BCUT2D eigenvalue weighted by Gasteiger charge is -2.10. The Morgan fingerprint density at radius 2 is 1.90 bits per heavy atom. The number of hydrogen-bond acceptors (Lipinski definition) is 2. The molecule has 0 bridgehead atoms. The summed E-state index contributed by atoms with van der Waals surface area (Å²) >= 11 is 14.5. The van der Waals surface area contributed by atoms with Crippen LogP contribution in [0.25, 0.3) is 0 Å². The average Bonchev–Trinajstić information content (AvgIpc) is 2.38. The van der Waals surface area contributed by atoms with Crippen LogP contribution in [0, 0.1) is 3.57 Å². The molecule has 2 rings (SSSR count). The molecule has 1 amide bonds. The molecule has 0 spiro atoms. The van der Waals surface area contributed by atoms with Gasteiger partial charge in [0.25, 0.3) is 0 Å². The van der Waals surface area contributed by atoms with Gasteiger partial charge in [0.1, 0.15) is 0 Å². The monoisotopic (exact) mass is 420 g/mol. The van der Waals surface area contributed by atoms with Gasteiger partial charge in [-0.2, -0.15) is 0 Å². The summed E-state index contributed by atoms with van der Waals surface area (Å²) in [4.78, 5) is 11.1. The van der Waals surface area contributed by atoms with Gasteiger partial charge in [0.15, 0.2) is 0 Å². The highest BCUT2D eigenvalue weighted by molar-refractivity contribution is 14.1. The van der Waals surface area contributed by atoms with Gasteiger partial charge in [-0.1, -0.05) is 29.3 Å². The minimum Gasteiger partial charge on any atom is -0.380 e. The van der Waals surface area contributed by atoms with Crippen LogP contribution >= 0.6 is 45.8 Å². The van der Waals surface area contributed by atoms with Crippen molar-refractivity contribution in [3.63, 3.8) is 0 Å². The smallest absolute Gasteiger partial charge is 0.248 e. The van der Waals surface area contributed by atoms with Crippen molar-refractivity contribution in [1.29, 1.82) is 0 Å². The number of primary amides is 1. The molecule has 0 aliphatic heterocycles. The number of halogens is 3. The zero-order valence-corrected chi connectivity index (χ0v) is 14.0. The number of nitrogens with two attached hydrogens (primary N) is 1. The van der Waals surface area contributed by atoms with Crippen molar-refractivity contribution in [3.05, 3.63) is 61.1 Å². The number of carbonyl (C=O) groups is 1. The summed E-state index contributed by atoms with van der Waals surface area (Å²) in [5.74, 6) is -0.493. The Labute approximate surface area is 140 Å². The van der Waals surface area contributed by atoms with Crippen LogP contribution < -0.4 is 11.1 Å². The van der Waals surface area contributed by atoms with E-state index in [4.69, 9.17) is 28.9 Å². The van der Waals surface area contributed by atoms with Crippen LogP contribution in [0.5, 0.6) is 0 Å². The number of amides is 1. The molecule has 104 valence electrons. The summed E-state index contributed by atoms with van der Waals surface area (Å²) in [6, 6.07) is 10.7. The lowest BCUT2D eigenvalue weighted by atomic mass is 10.1. The Morgan fingerprint density at radius 1 is 1.15 bits per heavy atom. The third-order valence-electron chi connectivity index (χ3n) is 2.74. The molecule has 20 heavy (non-hydrogen) atoms. The van der Waals surface area contributed by atoms with E-state index in [1.807, 2.05) is 18.2 Å². The van der Waals surface area contributed by atoms with Crippen LogP contribution in [0.2, 0.25) is 10.0 Å². The summed E-state index contributed by atoms with van der Waals surface area (Å²) in [6.07, 6.45) is 0. The maximum atomic E-state index is 11.1. The second-order valence-corrected chi connectivity index (χ2v) is 6.21. The number of rotatable bonds is 4. The molecule has 0 aliphatic carbocycles. The number of hydrogen-bond donors (Lipinski definition) is 2. The normalized spacial score (nSPS) is 10.3. The van der Waals surface area contributed by atoms with Crippen LogP contribution in [-0.4, -0.2) is 5.91 Å². The van der Waals surface area contributed by atoms with Crippen molar-refractivity contribution < 1.29 is 4.79 Å². The number of benzene rings is 2. The van der Waals surface area contributed by atoms with Gasteiger partial charge >= 0.3 is 0 Å². The van der Waals surface area contributed by atoms with Crippen molar-refractivity contribution in [1.82, 2.24) is 0 Å². The second-order valence-electron chi connectivity index (χ2n) is 4.15. The van der Waals surface area contributed by atoms with Crippen LogP contribution in [-0.2, 0) is 6.54 Å². The summed E-state index contributed by atoms with van der Waals surface area (Å²) in [5.41, 5.74) is 7.30. The van der Waals surface area contributed by atoms with Crippen molar-refractivity contribution in [2.75, 3.05) is 5.32 Å². The maximum Gasteiger partial charge on any atom is 0.248 e. The minimum absolute atomic E-state index is 0.394. The third-order valence-corrected chi connectivity index (χ3v) is 4.07. The molecule has 0 saturated heterocycles. The van der Waals surface area contributed by atoms with Gasteiger partial charge < -0.3 is 11.1 Å². The summed E-state index contributed by atoms with van der Waals surface area (Å²) in [6.45, 7) is 0.512. The molecule has 2 aromatic rings. The molecule has 2 aromatic carbocycles. The molecule has 0 aromatic heterocycles. The van der Waals surface area contributed by atoms with E-state index in [-0.39, 0.29) is 0 Å².